The van der Waals surface area contributed by atoms with Crippen LogP contribution in [-0.2, 0) is 14.8 Å². The number of anilines is 1. The molecular formula is C12H16BrN3O3S. The fraction of sp³-hybridized carbons (Fsp3) is 0.417. The molecule has 0 radical (unpaired) electrons. The van der Waals surface area contributed by atoms with Crippen molar-refractivity contribution in [2.45, 2.75) is 30.2 Å². The molecule has 20 heavy (non-hydrogen) atoms. The molecule has 0 bridgehead atoms. The van der Waals surface area contributed by atoms with Gasteiger partial charge in [0.15, 0.2) is 0 Å². The molecule has 0 spiro atoms. The lowest BCUT2D eigenvalue weighted by Crippen LogP contribution is -2.34. The zero-order valence-corrected chi connectivity index (χ0v) is 13.1. The fourth-order valence-corrected chi connectivity index (χ4v) is 3.48. The number of sulfonamides is 1. The number of nitrogens with two attached hydrogens (primary N) is 2. The summed E-state index contributed by atoms with van der Waals surface area (Å²) in [6.07, 6.45) is 2.58. The SMILES string of the molecule is NC1CCCC1C(=O)Nc1ccc(S(N)(=O)=O)cc1Br. The lowest BCUT2D eigenvalue weighted by Gasteiger charge is -2.16. The third kappa shape index (κ3) is 3.38. The van der Waals surface area contributed by atoms with Gasteiger partial charge < -0.3 is 11.1 Å². The molecule has 1 aromatic rings. The van der Waals surface area contributed by atoms with Crippen LogP contribution in [0.1, 0.15) is 19.3 Å². The van der Waals surface area contributed by atoms with E-state index in [9.17, 15) is 13.2 Å². The molecule has 1 aliphatic carbocycles. The Morgan fingerprint density at radius 2 is 2.05 bits per heavy atom. The predicted molar refractivity (Wildman–Crippen MR) is 79.5 cm³/mol. The zero-order valence-electron chi connectivity index (χ0n) is 10.7. The highest BCUT2D eigenvalue weighted by Gasteiger charge is 2.30. The van der Waals surface area contributed by atoms with Crippen LogP contribution in [0.4, 0.5) is 5.69 Å². The van der Waals surface area contributed by atoms with Crippen molar-refractivity contribution < 1.29 is 13.2 Å². The molecule has 2 atom stereocenters. The van der Waals surface area contributed by atoms with Crippen LogP contribution in [0, 0.1) is 5.92 Å². The number of rotatable bonds is 3. The van der Waals surface area contributed by atoms with Crippen molar-refractivity contribution >= 4 is 37.5 Å². The fourth-order valence-electron chi connectivity index (χ4n) is 2.31. The summed E-state index contributed by atoms with van der Waals surface area (Å²) in [4.78, 5) is 12.1. The highest BCUT2D eigenvalue weighted by atomic mass is 79.9. The van der Waals surface area contributed by atoms with Crippen molar-refractivity contribution in [2.24, 2.45) is 16.8 Å². The van der Waals surface area contributed by atoms with Crippen LogP contribution in [0.25, 0.3) is 0 Å². The van der Waals surface area contributed by atoms with Gasteiger partial charge in [0.25, 0.3) is 0 Å². The standard InChI is InChI=1S/C12H16BrN3O3S/c13-9-6-7(20(15,18)19)4-5-11(9)16-12(17)8-2-1-3-10(8)14/h4-6,8,10H,1-3,14H2,(H,16,17)(H2,15,18,19). The number of carbonyl (C=O) groups excluding carboxylic acids is 1. The molecule has 1 fully saturated rings. The lowest BCUT2D eigenvalue weighted by molar-refractivity contribution is -0.120. The van der Waals surface area contributed by atoms with Gasteiger partial charge in [0, 0.05) is 10.5 Å². The van der Waals surface area contributed by atoms with Crippen molar-refractivity contribution in [1.29, 1.82) is 0 Å². The molecule has 2 unspecified atom stereocenters. The minimum absolute atomic E-state index is 0.0139. The van der Waals surface area contributed by atoms with E-state index in [4.69, 9.17) is 10.9 Å². The van der Waals surface area contributed by atoms with Crippen LogP contribution in [0.15, 0.2) is 27.6 Å². The Kier molecular flexibility index (Phi) is 4.48. The second-order valence-corrected chi connectivity index (χ2v) is 7.29. The van der Waals surface area contributed by atoms with E-state index in [0.717, 1.165) is 19.3 Å². The third-order valence-electron chi connectivity index (χ3n) is 3.43. The lowest BCUT2D eigenvalue weighted by atomic mass is 10.0. The maximum absolute atomic E-state index is 12.1. The molecule has 0 aromatic heterocycles. The van der Waals surface area contributed by atoms with E-state index < -0.39 is 10.0 Å². The largest absolute Gasteiger partial charge is 0.327 e. The molecule has 1 saturated carbocycles. The first-order valence-corrected chi connectivity index (χ1v) is 8.52. The number of hydrogen-bond acceptors (Lipinski definition) is 4. The molecule has 110 valence electrons. The molecule has 1 aromatic carbocycles. The van der Waals surface area contributed by atoms with E-state index in [-0.39, 0.29) is 22.8 Å². The number of benzene rings is 1. The summed E-state index contributed by atoms with van der Waals surface area (Å²) in [6, 6.07) is 4.10. The molecule has 0 heterocycles. The van der Waals surface area contributed by atoms with E-state index in [0.29, 0.717) is 10.2 Å². The number of carbonyl (C=O) groups is 1. The molecule has 6 nitrogen and oxygen atoms in total. The van der Waals surface area contributed by atoms with Gasteiger partial charge in [0.05, 0.1) is 16.5 Å². The van der Waals surface area contributed by atoms with E-state index in [1.54, 1.807) is 0 Å². The third-order valence-corrected chi connectivity index (χ3v) is 5.00. The molecule has 8 heteroatoms. The van der Waals surface area contributed by atoms with Crippen LogP contribution in [0.3, 0.4) is 0 Å². The number of primary sulfonamides is 1. The van der Waals surface area contributed by atoms with Gasteiger partial charge in [-0.05, 0) is 47.0 Å². The topological polar surface area (TPSA) is 115 Å². The Hall–Kier alpha value is -0.960. The Labute approximate surface area is 126 Å². The second-order valence-electron chi connectivity index (χ2n) is 4.88. The van der Waals surface area contributed by atoms with Crippen LogP contribution in [0.5, 0.6) is 0 Å². The summed E-state index contributed by atoms with van der Waals surface area (Å²) >= 11 is 3.23. The molecule has 0 aliphatic heterocycles. The monoisotopic (exact) mass is 361 g/mol. The van der Waals surface area contributed by atoms with Crippen molar-refractivity contribution in [2.75, 3.05) is 5.32 Å². The van der Waals surface area contributed by atoms with Crippen molar-refractivity contribution in [1.82, 2.24) is 0 Å². The minimum atomic E-state index is -3.76. The first-order valence-electron chi connectivity index (χ1n) is 6.18. The Bertz CT molecular complexity index is 633. The molecule has 5 N–H and O–H groups in total. The smallest absolute Gasteiger partial charge is 0.238 e. The number of nitrogens with one attached hydrogen (secondary N) is 1. The highest BCUT2D eigenvalue weighted by molar-refractivity contribution is 9.10. The van der Waals surface area contributed by atoms with Gasteiger partial charge in [-0.1, -0.05) is 6.42 Å². The average molecular weight is 362 g/mol. The molecular weight excluding hydrogens is 346 g/mol. The Morgan fingerprint density at radius 1 is 1.35 bits per heavy atom. The van der Waals surface area contributed by atoms with Crippen molar-refractivity contribution in [3.05, 3.63) is 22.7 Å². The van der Waals surface area contributed by atoms with E-state index in [2.05, 4.69) is 21.2 Å². The normalized spacial score (nSPS) is 22.8. The molecule has 1 amide bonds. The second kappa shape index (κ2) is 5.80. The first-order chi connectivity index (χ1) is 9.29. The average Bonchev–Trinajstić information content (AvgIpc) is 2.76. The maximum Gasteiger partial charge on any atom is 0.238 e. The van der Waals surface area contributed by atoms with Gasteiger partial charge in [-0.25, -0.2) is 13.6 Å². The van der Waals surface area contributed by atoms with Crippen LogP contribution in [0.2, 0.25) is 0 Å². The summed E-state index contributed by atoms with van der Waals surface area (Å²) in [5.41, 5.74) is 6.39. The quantitative estimate of drug-likeness (QED) is 0.748. The van der Waals surface area contributed by atoms with Gasteiger partial charge in [-0.15, -0.1) is 0 Å². The van der Waals surface area contributed by atoms with Crippen LogP contribution < -0.4 is 16.2 Å². The predicted octanol–water partition coefficient (Wildman–Crippen LogP) is 1.16. The zero-order chi connectivity index (χ0) is 14.9. The van der Waals surface area contributed by atoms with Gasteiger partial charge in [-0.3, -0.25) is 4.79 Å². The van der Waals surface area contributed by atoms with Crippen LogP contribution in [-0.4, -0.2) is 20.4 Å². The highest BCUT2D eigenvalue weighted by Crippen LogP contribution is 2.29. The maximum atomic E-state index is 12.1. The number of halogens is 1. The van der Waals surface area contributed by atoms with Gasteiger partial charge >= 0.3 is 0 Å². The summed E-state index contributed by atoms with van der Waals surface area (Å²) in [5.74, 6) is -0.334. The number of amides is 1. The van der Waals surface area contributed by atoms with E-state index in [1.807, 2.05) is 0 Å². The number of hydrogen-bond donors (Lipinski definition) is 3. The summed E-state index contributed by atoms with van der Waals surface area (Å²) < 4.78 is 22.9. The Balaban J connectivity index is 2.16. The molecule has 0 saturated heterocycles. The minimum Gasteiger partial charge on any atom is -0.327 e. The summed E-state index contributed by atoms with van der Waals surface area (Å²) in [7, 11) is -3.76. The van der Waals surface area contributed by atoms with Gasteiger partial charge in [0.2, 0.25) is 15.9 Å². The van der Waals surface area contributed by atoms with Crippen LogP contribution >= 0.6 is 15.9 Å². The van der Waals surface area contributed by atoms with Crippen molar-refractivity contribution in [3.8, 4) is 0 Å². The van der Waals surface area contributed by atoms with Crippen molar-refractivity contribution in [3.63, 3.8) is 0 Å². The molecule has 2 rings (SSSR count). The van der Waals surface area contributed by atoms with Gasteiger partial charge in [0.1, 0.15) is 0 Å². The van der Waals surface area contributed by atoms with E-state index >= 15 is 0 Å². The molecule has 1 aliphatic rings. The van der Waals surface area contributed by atoms with Gasteiger partial charge in [-0.2, -0.15) is 0 Å². The van der Waals surface area contributed by atoms with E-state index in [1.165, 1.54) is 18.2 Å². The first kappa shape index (κ1) is 15.4. The summed E-state index contributed by atoms with van der Waals surface area (Å²) in [5, 5.41) is 7.80. The summed E-state index contributed by atoms with van der Waals surface area (Å²) in [6.45, 7) is 0. The Morgan fingerprint density at radius 3 is 2.55 bits per heavy atom.